The zero-order valence-corrected chi connectivity index (χ0v) is 15.4. The minimum Gasteiger partial charge on any atom is -0.378 e. The van der Waals surface area contributed by atoms with Crippen LogP contribution in [-0.4, -0.2) is 45.4 Å². The van der Waals surface area contributed by atoms with Crippen LogP contribution in [-0.2, 0) is 24.8 Å². The molecule has 1 aromatic carbocycles. The number of morpholine rings is 1. The van der Waals surface area contributed by atoms with Crippen LogP contribution in [0.4, 0.5) is 5.82 Å². The number of benzene rings is 1. The summed E-state index contributed by atoms with van der Waals surface area (Å²) in [4.78, 5) is 34.5. The maximum absolute atomic E-state index is 12.7. The van der Waals surface area contributed by atoms with Crippen molar-refractivity contribution in [2.24, 2.45) is 7.05 Å². The van der Waals surface area contributed by atoms with Gasteiger partial charge in [-0.2, -0.15) is 0 Å². The molecule has 4 rings (SSSR count). The molecule has 3 heterocycles. The highest BCUT2D eigenvalue weighted by molar-refractivity contribution is 5.68. The Bertz CT molecular complexity index is 1040. The molecule has 0 spiro atoms. The van der Waals surface area contributed by atoms with Crippen LogP contribution in [0.2, 0.25) is 0 Å². The number of rotatable bonds is 5. The largest absolute Gasteiger partial charge is 0.378 e. The van der Waals surface area contributed by atoms with Gasteiger partial charge in [-0.25, -0.2) is 9.78 Å². The van der Waals surface area contributed by atoms with E-state index in [0.29, 0.717) is 50.0 Å². The first-order valence-corrected chi connectivity index (χ1v) is 9.21. The van der Waals surface area contributed by atoms with E-state index in [1.807, 2.05) is 23.1 Å². The van der Waals surface area contributed by atoms with E-state index < -0.39 is 0 Å². The van der Waals surface area contributed by atoms with Crippen molar-refractivity contribution in [2.75, 3.05) is 31.2 Å². The molecule has 1 saturated heterocycles. The third-order valence-electron chi connectivity index (χ3n) is 4.96. The van der Waals surface area contributed by atoms with Gasteiger partial charge in [-0.15, -0.1) is 0 Å². The number of H-pyrrole nitrogens is 1. The average molecular weight is 369 g/mol. The number of fused-ring (bicyclic) bond motifs is 1. The molecule has 1 N–H and O–H groups in total. The second-order valence-electron chi connectivity index (χ2n) is 6.74. The van der Waals surface area contributed by atoms with Gasteiger partial charge in [0.25, 0.3) is 5.56 Å². The second-order valence-corrected chi connectivity index (χ2v) is 6.74. The Morgan fingerprint density at radius 2 is 1.89 bits per heavy atom. The minimum atomic E-state index is -0.271. The summed E-state index contributed by atoms with van der Waals surface area (Å²) in [6.07, 6.45) is 1.67. The van der Waals surface area contributed by atoms with Gasteiger partial charge in [0.15, 0.2) is 17.1 Å². The van der Waals surface area contributed by atoms with Gasteiger partial charge < -0.3 is 14.6 Å². The topological polar surface area (TPSA) is 85.2 Å². The molecule has 1 aliphatic rings. The third kappa shape index (κ3) is 3.40. The second kappa shape index (κ2) is 7.40. The van der Waals surface area contributed by atoms with E-state index in [1.54, 1.807) is 11.6 Å². The van der Waals surface area contributed by atoms with Crippen LogP contribution >= 0.6 is 0 Å². The quantitative estimate of drug-likeness (QED) is 0.722. The summed E-state index contributed by atoms with van der Waals surface area (Å²) in [6, 6.07) is 10.1. The van der Waals surface area contributed by atoms with Crippen LogP contribution in [0.1, 0.15) is 12.0 Å². The summed E-state index contributed by atoms with van der Waals surface area (Å²) in [5.74, 6) is 0.350. The van der Waals surface area contributed by atoms with Crippen LogP contribution in [0.3, 0.4) is 0 Å². The Balaban J connectivity index is 1.63. The highest BCUT2D eigenvalue weighted by Gasteiger charge is 2.20. The van der Waals surface area contributed by atoms with Crippen molar-refractivity contribution in [1.82, 2.24) is 19.1 Å². The van der Waals surface area contributed by atoms with Gasteiger partial charge in [0, 0.05) is 26.7 Å². The number of anilines is 1. The van der Waals surface area contributed by atoms with Gasteiger partial charge in [0.2, 0.25) is 0 Å². The number of nitrogens with one attached hydrogen (secondary N) is 1. The van der Waals surface area contributed by atoms with E-state index in [1.165, 1.54) is 10.1 Å². The highest BCUT2D eigenvalue weighted by Crippen LogP contribution is 2.13. The van der Waals surface area contributed by atoms with Crippen molar-refractivity contribution >= 4 is 17.1 Å². The summed E-state index contributed by atoms with van der Waals surface area (Å²) < 4.78 is 8.44. The Kier molecular flexibility index (Phi) is 4.81. The zero-order valence-electron chi connectivity index (χ0n) is 15.4. The number of aromatic nitrogens is 4. The molecular weight excluding hydrogens is 346 g/mol. The molecule has 0 saturated carbocycles. The normalized spacial score (nSPS) is 14.8. The van der Waals surface area contributed by atoms with Gasteiger partial charge in [0.05, 0.1) is 13.2 Å². The molecule has 2 aromatic heterocycles. The zero-order chi connectivity index (χ0) is 18.8. The molecular formula is C19H23N5O3. The molecule has 27 heavy (non-hydrogen) atoms. The van der Waals surface area contributed by atoms with Gasteiger partial charge in [0.1, 0.15) is 0 Å². The van der Waals surface area contributed by atoms with Crippen LogP contribution in [0, 0.1) is 0 Å². The van der Waals surface area contributed by atoms with Crippen LogP contribution in [0.25, 0.3) is 11.3 Å². The van der Waals surface area contributed by atoms with Crippen LogP contribution in [0.15, 0.2) is 39.9 Å². The lowest BCUT2D eigenvalue weighted by Gasteiger charge is -2.26. The van der Waals surface area contributed by atoms with Crippen molar-refractivity contribution in [3.05, 3.63) is 56.7 Å². The Morgan fingerprint density at radius 1 is 1.15 bits per heavy atom. The van der Waals surface area contributed by atoms with E-state index in [4.69, 9.17) is 4.74 Å². The monoisotopic (exact) mass is 369 g/mol. The van der Waals surface area contributed by atoms with Crippen molar-refractivity contribution in [3.63, 3.8) is 0 Å². The fourth-order valence-corrected chi connectivity index (χ4v) is 3.50. The molecule has 1 fully saturated rings. The maximum atomic E-state index is 12.7. The molecule has 0 amide bonds. The molecule has 0 atom stereocenters. The lowest BCUT2D eigenvalue weighted by molar-refractivity contribution is 0.122. The minimum absolute atomic E-state index is 0.166. The highest BCUT2D eigenvalue weighted by atomic mass is 16.5. The van der Waals surface area contributed by atoms with Gasteiger partial charge in [-0.3, -0.25) is 13.9 Å². The number of hydrogen-bond acceptors (Lipinski definition) is 5. The first-order chi connectivity index (χ1) is 13.1. The molecule has 0 radical (unpaired) electrons. The molecule has 0 aliphatic carbocycles. The van der Waals surface area contributed by atoms with Crippen molar-refractivity contribution in [1.29, 1.82) is 0 Å². The maximum Gasteiger partial charge on any atom is 0.331 e. The van der Waals surface area contributed by atoms with Crippen LogP contribution < -0.4 is 16.1 Å². The number of nitrogens with zero attached hydrogens (tertiary/aromatic N) is 4. The predicted octanol–water partition coefficient (Wildman–Crippen LogP) is 0.893. The predicted molar refractivity (Wildman–Crippen MR) is 103 cm³/mol. The summed E-state index contributed by atoms with van der Waals surface area (Å²) in [5.41, 5.74) is 1.78. The summed E-state index contributed by atoms with van der Waals surface area (Å²) >= 11 is 0. The van der Waals surface area contributed by atoms with Crippen molar-refractivity contribution in [2.45, 2.75) is 19.4 Å². The Morgan fingerprint density at radius 3 is 2.63 bits per heavy atom. The number of ether oxygens (including phenoxy) is 1. The van der Waals surface area contributed by atoms with Crippen molar-refractivity contribution < 1.29 is 4.74 Å². The first kappa shape index (κ1) is 17.5. The standard InChI is InChI=1S/C19H23N5O3/c1-22-15-16(21-18(25)17(20-15)23-10-12-27-13-11-23)24(19(22)26)9-5-8-14-6-3-2-4-7-14/h2-4,6-7H,5,8-13H2,1H3,(H,21,25). The van der Waals surface area contributed by atoms with Gasteiger partial charge in [-0.05, 0) is 18.4 Å². The number of aryl methyl sites for hydroxylation is 3. The Hall–Kier alpha value is -2.87. The molecule has 8 heteroatoms. The molecule has 0 bridgehead atoms. The lowest BCUT2D eigenvalue weighted by atomic mass is 10.1. The lowest BCUT2D eigenvalue weighted by Crippen LogP contribution is -2.40. The van der Waals surface area contributed by atoms with E-state index in [9.17, 15) is 9.59 Å². The van der Waals surface area contributed by atoms with Crippen LogP contribution in [0.5, 0.6) is 0 Å². The van der Waals surface area contributed by atoms with E-state index >= 15 is 0 Å². The van der Waals surface area contributed by atoms with E-state index in [2.05, 4.69) is 22.1 Å². The third-order valence-corrected chi connectivity index (χ3v) is 4.96. The number of hydrogen-bond donors (Lipinski definition) is 1. The fourth-order valence-electron chi connectivity index (χ4n) is 3.50. The number of imidazole rings is 1. The summed E-state index contributed by atoms with van der Waals surface area (Å²) in [6.45, 7) is 2.90. The molecule has 0 unspecified atom stereocenters. The summed E-state index contributed by atoms with van der Waals surface area (Å²) in [7, 11) is 1.69. The van der Waals surface area contributed by atoms with Gasteiger partial charge in [-0.1, -0.05) is 30.3 Å². The fraction of sp³-hybridized carbons (Fsp3) is 0.421. The SMILES string of the molecule is Cn1c(=O)n(CCCc2ccccc2)c2[nH]c(=O)c(N3CCOCC3)nc21. The van der Waals surface area contributed by atoms with E-state index in [0.717, 1.165) is 12.8 Å². The molecule has 1 aliphatic heterocycles. The van der Waals surface area contributed by atoms with Gasteiger partial charge >= 0.3 is 5.69 Å². The average Bonchev–Trinajstić information content (AvgIpc) is 2.93. The first-order valence-electron chi connectivity index (χ1n) is 9.21. The smallest absolute Gasteiger partial charge is 0.331 e. The molecule has 3 aromatic rings. The van der Waals surface area contributed by atoms with Crippen molar-refractivity contribution in [3.8, 4) is 0 Å². The number of aromatic amines is 1. The Labute approximate surface area is 156 Å². The molecule has 142 valence electrons. The molecule has 8 nitrogen and oxygen atoms in total. The summed E-state index contributed by atoms with van der Waals surface area (Å²) in [5, 5.41) is 0. The van der Waals surface area contributed by atoms with E-state index in [-0.39, 0.29) is 11.2 Å².